The van der Waals surface area contributed by atoms with E-state index in [-0.39, 0.29) is 11.4 Å². The SMILES string of the molecule is COc1ccc(-n2c(O)c(C=Nc3cccc(C)c3)c3ccccc3c2=O)cc1. The van der Waals surface area contributed by atoms with Gasteiger partial charge in [0.25, 0.3) is 5.56 Å². The lowest BCUT2D eigenvalue weighted by atomic mass is 10.1. The van der Waals surface area contributed by atoms with Crippen molar-refractivity contribution in [1.29, 1.82) is 0 Å². The van der Waals surface area contributed by atoms with Crippen molar-refractivity contribution < 1.29 is 9.84 Å². The Balaban J connectivity index is 1.94. The molecule has 5 nitrogen and oxygen atoms in total. The van der Waals surface area contributed by atoms with Crippen LogP contribution in [0.15, 0.2) is 82.6 Å². The molecule has 0 aliphatic heterocycles. The molecule has 0 atom stereocenters. The van der Waals surface area contributed by atoms with Crippen molar-refractivity contribution in [1.82, 2.24) is 4.57 Å². The first-order chi connectivity index (χ1) is 14.1. The number of nitrogens with zero attached hydrogens (tertiary/aromatic N) is 2. The van der Waals surface area contributed by atoms with E-state index >= 15 is 0 Å². The summed E-state index contributed by atoms with van der Waals surface area (Å²) < 4.78 is 6.48. The highest BCUT2D eigenvalue weighted by molar-refractivity contribution is 6.02. The summed E-state index contributed by atoms with van der Waals surface area (Å²) in [7, 11) is 1.58. The number of aromatic nitrogens is 1. The number of benzene rings is 3. The highest BCUT2D eigenvalue weighted by atomic mass is 16.5. The summed E-state index contributed by atoms with van der Waals surface area (Å²) in [4.78, 5) is 17.6. The second-order valence-corrected chi connectivity index (χ2v) is 6.72. The van der Waals surface area contributed by atoms with Crippen molar-refractivity contribution in [2.45, 2.75) is 6.92 Å². The maximum absolute atomic E-state index is 13.1. The van der Waals surface area contributed by atoms with Crippen LogP contribution in [0.1, 0.15) is 11.1 Å². The van der Waals surface area contributed by atoms with Crippen LogP contribution in [0, 0.1) is 6.92 Å². The Morgan fingerprint density at radius 3 is 2.38 bits per heavy atom. The Morgan fingerprint density at radius 2 is 1.69 bits per heavy atom. The van der Waals surface area contributed by atoms with Gasteiger partial charge in [0.1, 0.15) is 5.75 Å². The Hall–Kier alpha value is -3.86. The summed E-state index contributed by atoms with van der Waals surface area (Å²) in [5.41, 5.74) is 2.60. The summed E-state index contributed by atoms with van der Waals surface area (Å²) >= 11 is 0. The minimum Gasteiger partial charge on any atom is -0.497 e. The summed E-state index contributed by atoms with van der Waals surface area (Å²) in [6.45, 7) is 2.00. The van der Waals surface area contributed by atoms with Gasteiger partial charge >= 0.3 is 0 Å². The molecule has 0 aliphatic carbocycles. The highest BCUT2D eigenvalue weighted by Crippen LogP contribution is 2.27. The first-order valence-corrected chi connectivity index (χ1v) is 9.20. The average molecular weight is 384 g/mol. The summed E-state index contributed by atoms with van der Waals surface area (Å²) in [6, 6.07) is 21.9. The lowest BCUT2D eigenvalue weighted by molar-refractivity contribution is 0.414. The molecule has 0 unspecified atom stereocenters. The van der Waals surface area contributed by atoms with Crippen molar-refractivity contribution in [2.24, 2.45) is 4.99 Å². The monoisotopic (exact) mass is 384 g/mol. The number of aryl methyl sites for hydroxylation is 1. The molecule has 5 heteroatoms. The molecule has 0 aliphatic rings. The number of pyridine rings is 1. The van der Waals surface area contributed by atoms with E-state index in [1.54, 1.807) is 49.7 Å². The van der Waals surface area contributed by atoms with E-state index in [1.165, 1.54) is 4.57 Å². The van der Waals surface area contributed by atoms with E-state index in [1.807, 2.05) is 43.3 Å². The van der Waals surface area contributed by atoms with Gasteiger partial charge in [-0.1, -0.05) is 30.3 Å². The number of aliphatic imine (C=N–C) groups is 1. The third-order valence-corrected chi connectivity index (χ3v) is 4.78. The molecule has 0 saturated carbocycles. The fourth-order valence-electron chi connectivity index (χ4n) is 3.31. The van der Waals surface area contributed by atoms with Gasteiger partial charge in [0, 0.05) is 17.0 Å². The van der Waals surface area contributed by atoms with Gasteiger partial charge in [-0.2, -0.15) is 0 Å². The number of fused-ring (bicyclic) bond motifs is 1. The third kappa shape index (κ3) is 3.50. The predicted molar refractivity (Wildman–Crippen MR) is 116 cm³/mol. The molecule has 29 heavy (non-hydrogen) atoms. The van der Waals surface area contributed by atoms with Gasteiger partial charge < -0.3 is 9.84 Å². The molecule has 144 valence electrons. The van der Waals surface area contributed by atoms with E-state index in [0.717, 1.165) is 11.3 Å². The van der Waals surface area contributed by atoms with E-state index in [4.69, 9.17) is 4.74 Å². The Kier molecular flexibility index (Phi) is 4.87. The largest absolute Gasteiger partial charge is 0.497 e. The number of hydrogen-bond acceptors (Lipinski definition) is 4. The number of aromatic hydroxyl groups is 1. The van der Waals surface area contributed by atoms with Crippen LogP contribution in [0.25, 0.3) is 16.5 Å². The second kappa shape index (κ2) is 7.64. The van der Waals surface area contributed by atoms with Gasteiger partial charge in [-0.15, -0.1) is 0 Å². The van der Waals surface area contributed by atoms with Gasteiger partial charge in [-0.25, -0.2) is 4.57 Å². The van der Waals surface area contributed by atoms with Crippen molar-refractivity contribution >= 4 is 22.7 Å². The van der Waals surface area contributed by atoms with Crippen LogP contribution >= 0.6 is 0 Å². The fraction of sp³-hybridized carbons (Fsp3) is 0.0833. The minimum atomic E-state index is -0.295. The van der Waals surface area contributed by atoms with Gasteiger partial charge in [0.05, 0.1) is 24.0 Å². The molecule has 0 radical (unpaired) electrons. The number of methoxy groups -OCH3 is 1. The van der Waals surface area contributed by atoms with E-state index < -0.39 is 0 Å². The zero-order valence-corrected chi connectivity index (χ0v) is 16.2. The van der Waals surface area contributed by atoms with Crippen LogP contribution in [-0.2, 0) is 0 Å². The molecule has 1 N–H and O–H groups in total. The molecule has 1 heterocycles. The Bertz CT molecular complexity index is 1270. The van der Waals surface area contributed by atoms with E-state index in [0.29, 0.717) is 27.8 Å². The molecular weight excluding hydrogens is 364 g/mol. The molecule has 1 aromatic heterocycles. The molecule has 3 aromatic carbocycles. The maximum atomic E-state index is 13.1. The van der Waals surface area contributed by atoms with Crippen LogP contribution in [0.2, 0.25) is 0 Å². The maximum Gasteiger partial charge on any atom is 0.265 e. The fourth-order valence-corrected chi connectivity index (χ4v) is 3.31. The minimum absolute atomic E-state index is 0.157. The molecule has 0 bridgehead atoms. The molecule has 0 fully saturated rings. The first-order valence-electron chi connectivity index (χ1n) is 9.20. The van der Waals surface area contributed by atoms with Crippen molar-refractivity contribution in [3.05, 3.63) is 94.3 Å². The zero-order valence-electron chi connectivity index (χ0n) is 16.2. The molecule has 4 rings (SSSR count). The van der Waals surface area contributed by atoms with Crippen LogP contribution in [0.3, 0.4) is 0 Å². The Labute approximate surface area is 168 Å². The van der Waals surface area contributed by atoms with Crippen molar-refractivity contribution in [3.63, 3.8) is 0 Å². The average Bonchev–Trinajstić information content (AvgIpc) is 2.74. The summed E-state index contributed by atoms with van der Waals surface area (Å²) in [6.07, 6.45) is 1.60. The number of ether oxygens (including phenoxy) is 1. The van der Waals surface area contributed by atoms with Gasteiger partial charge in [0.15, 0.2) is 0 Å². The Morgan fingerprint density at radius 1 is 0.966 bits per heavy atom. The van der Waals surface area contributed by atoms with Gasteiger partial charge in [-0.3, -0.25) is 9.79 Å². The molecular formula is C24H20N2O3. The quantitative estimate of drug-likeness (QED) is 0.516. The van der Waals surface area contributed by atoms with Crippen LogP contribution < -0.4 is 10.3 Å². The number of hydrogen-bond donors (Lipinski definition) is 1. The normalized spacial score (nSPS) is 11.2. The molecule has 0 spiro atoms. The lowest BCUT2D eigenvalue weighted by Gasteiger charge is -2.14. The summed E-state index contributed by atoms with van der Waals surface area (Å²) in [5, 5.41) is 12.2. The highest BCUT2D eigenvalue weighted by Gasteiger charge is 2.16. The smallest absolute Gasteiger partial charge is 0.265 e. The standard InChI is InChI=1S/C24H20N2O3/c1-16-6-5-7-17(14-16)25-15-22-20-8-3-4-9-21(20)23(27)26(24(22)28)18-10-12-19(29-2)13-11-18/h3-15,28H,1-2H3. The van der Waals surface area contributed by atoms with Crippen LogP contribution in [0.5, 0.6) is 11.6 Å². The molecule has 0 saturated heterocycles. The van der Waals surface area contributed by atoms with Crippen LogP contribution in [0.4, 0.5) is 5.69 Å². The van der Waals surface area contributed by atoms with E-state index in [2.05, 4.69) is 4.99 Å². The topological polar surface area (TPSA) is 63.8 Å². The summed E-state index contributed by atoms with van der Waals surface area (Å²) in [5.74, 6) is 0.513. The zero-order chi connectivity index (χ0) is 20.4. The second-order valence-electron chi connectivity index (χ2n) is 6.72. The lowest BCUT2D eigenvalue weighted by Crippen LogP contribution is -2.20. The van der Waals surface area contributed by atoms with Gasteiger partial charge in [-0.05, 0) is 55.0 Å². The van der Waals surface area contributed by atoms with Crippen molar-refractivity contribution in [3.8, 4) is 17.3 Å². The third-order valence-electron chi connectivity index (χ3n) is 4.78. The number of rotatable bonds is 4. The molecule has 4 aromatic rings. The first kappa shape index (κ1) is 18.5. The van der Waals surface area contributed by atoms with E-state index in [9.17, 15) is 9.90 Å². The predicted octanol–water partition coefficient (Wildman–Crippen LogP) is 4.76. The molecule has 0 amide bonds. The van der Waals surface area contributed by atoms with Gasteiger partial charge in [0.2, 0.25) is 5.88 Å². The van der Waals surface area contributed by atoms with Crippen LogP contribution in [-0.4, -0.2) is 23.0 Å². The van der Waals surface area contributed by atoms with Crippen molar-refractivity contribution in [2.75, 3.05) is 7.11 Å².